The van der Waals surface area contributed by atoms with Crippen LogP contribution in [-0.2, 0) is 0 Å². The van der Waals surface area contributed by atoms with Crippen molar-refractivity contribution in [3.8, 4) is 0 Å². The summed E-state index contributed by atoms with van der Waals surface area (Å²) in [6.07, 6.45) is 0. The van der Waals surface area contributed by atoms with Crippen molar-refractivity contribution in [3.05, 3.63) is 12.4 Å². The molecule has 3 heteroatoms. The van der Waals surface area contributed by atoms with Crippen LogP contribution in [0.2, 0.25) is 0 Å². The molecule has 0 atom stereocenters. The van der Waals surface area contributed by atoms with E-state index in [2.05, 4.69) is 23.3 Å². The van der Waals surface area contributed by atoms with Crippen LogP contribution in [0.15, 0.2) is 22.4 Å². The third-order valence-corrected chi connectivity index (χ3v) is 0.534. The Morgan fingerprint density at radius 3 is 2.25 bits per heavy atom. The molecule has 0 aromatic carbocycles. The minimum Gasteiger partial charge on any atom is -0.384 e. The molecule has 0 aromatic rings. The third-order valence-electron chi connectivity index (χ3n) is 0.534. The number of amidine groups is 1. The summed E-state index contributed by atoms with van der Waals surface area (Å²) in [5.74, 6) is 0.799. The van der Waals surface area contributed by atoms with Gasteiger partial charge in [-0.25, -0.2) is 9.98 Å². The fourth-order valence-electron chi connectivity index (χ4n) is 0.243. The van der Waals surface area contributed by atoms with E-state index in [4.69, 9.17) is 5.73 Å². The highest BCUT2D eigenvalue weighted by atomic mass is 15.0. The number of hydrogen-bond donors (Lipinski definition) is 1. The number of nitrogens with zero attached hydrogens (tertiary/aromatic N) is 2. The fraction of sp³-hybridized carbons (Fsp3) is 0.200. The van der Waals surface area contributed by atoms with Gasteiger partial charge in [-0.1, -0.05) is 6.58 Å². The lowest BCUT2D eigenvalue weighted by molar-refractivity contribution is 1.24. The van der Waals surface area contributed by atoms with Crippen LogP contribution in [-0.4, -0.2) is 12.6 Å². The topological polar surface area (TPSA) is 50.7 Å². The van der Waals surface area contributed by atoms with Crippen molar-refractivity contribution in [3.63, 3.8) is 0 Å². The van der Waals surface area contributed by atoms with Gasteiger partial charge in [-0.2, -0.15) is 0 Å². The van der Waals surface area contributed by atoms with Crippen LogP contribution in [0.4, 0.5) is 0 Å². The second kappa shape index (κ2) is 2.96. The summed E-state index contributed by atoms with van der Waals surface area (Å²) < 4.78 is 0. The highest BCUT2D eigenvalue weighted by molar-refractivity contribution is 5.84. The molecule has 0 unspecified atom stereocenters. The molecule has 0 amide bonds. The Kier molecular flexibility index (Phi) is 2.54. The molecule has 0 aromatic heterocycles. The van der Waals surface area contributed by atoms with E-state index in [1.54, 1.807) is 6.92 Å². The summed E-state index contributed by atoms with van der Waals surface area (Å²) in [6, 6.07) is 0. The van der Waals surface area contributed by atoms with Crippen molar-refractivity contribution in [2.75, 3.05) is 0 Å². The largest absolute Gasteiger partial charge is 0.384 e. The number of hydrogen-bond acceptors (Lipinski definition) is 2. The number of rotatable bonds is 1. The van der Waals surface area contributed by atoms with Crippen LogP contribution in [0.3, 0.4) is 0 Å². The van der Waals surface area contributed by atoms with Gasteiger partial charge in [0, 0.05) is 0 Å². The first kappa shape index (κ1) is 6.88. The minimum absolute atomic E-state index is 0.259. The van der Waals surface area contributed by atoms with E-state index in [0.717, 1.165) is 0 Å². The Balaban J connectivity index is 3.94. The summed E-state index contributed by atoms with van der Waals surface area (Å²) >= 11 is 0. The maximum Gasteiger partial charge on any atom is 0.126 e. The van der Waals surface area contributed by atoms with E-state index in [-0.39, 0.29) is 5.82 Å². The van der Waals surface area contributed by atoms with E-state index in [0.29, 0.717) is 5.84 Å². The molecule has 2 N–H and O–H groups in total. The summed E-state index contributed by atoms with van der Waals surface area (Å²) in [5, 5.41) is 0. The molecule has 0 aliphatic carbocycles. The van der Waals surface area contributed by atoms with E-state index in [1.165, 1.54) is 0 Å². The zero-order chi connectivity index (χ0) is 6.57. The lowest BCUT2D eigenvalue weighted by Gasteiger charge is -1.87. The van der Waals surface area contributed by atoms with Gasteiger partial charge in [0.2, 0.25) is 0 Å². The highest BCUT2D eigenvalue weighted by Gasteiger charge is 1.79. The molecular formula is C5H9N3. The molecule has 3 nitrogen and oxygen atoms in total. The zero-order valence-corrected chi connectivity index (χ0v) is 4.89. The molecular weight excluding hydrogens is 102 g/mol. The van der Waals surface area contributed by atoms with Crippen LogP contribution >= 0.6 is 0 Å². The highest BCUT2D eigenvalue weighted by Crippen LogP contribution is 1.82. The standard InChI is InChI=1S/C5H9N3/c1-4(6)8-5(2)7-3/h1,3,6H2,2H3. The first-order chi connectivity index (χ1) is 3.66. The Morgan fingerprint density at radius 1 is 1.62 bits per heavy atom. The van der Waals surface area contributed by atoms with Gasteiger partial charge >= 0.3 is 0 Å². The van der Waals surface area contributed by atoms with Crippen LogP contribution in [0, 0.1) is 0 Å². The monoisotopic (exact) mass is 111 g/mol. The average molecular weight is 111 g/mol. The van der Waals surface area contributed by atoms with Crippen LogP contribution < -0.4 is 5.73 Å². The lowest BCUT2D eigenvalue weighted by atomic mass is 10.7. The van der Waals surface area contributed by atoms with Gasteiger partial charge in [0.15, 0.2) is 0 Å². The average Bonchev–Trinajstić information content (AvgIpc) is 1.65. The van der Waals surface area contributed by atoms with Gasteiger partial charge in [0.25, 0.3) is 0 Å². The SMILES string of the molecule is C=NC(C)=NC(=C)N. The second-order valence-corrected chi connectivity index (χ2v) is 1.31. The molecule has 0 heterocycles. The number of aliphatic imine (C=N–C) groups is 2. The van der Waals surface area contributed by atoms with E-state index < -0.39 is 0 Å². The smallest absolute Gasteiger partial charge is 0.126 e. The predicted octanol–water partition coefficient (Wildman–Crippen LogP) is 0.535. The van der Waals surface area contributed by atoms with Crippen LogP contribution in [0.5, 0.6) is 0 Å². The number of nitrogens with two attached hydrogens (primary N) is 1. The molecule has 8 heavy (non-hydrogen) atoms. The van der Waals surface area contributed by atoms with Gasteiger partial charge in [-0.3, -0.25) is 0 Å². The van der Waals surface area contributed by atoms with E-state index in [1.807, 2.05) is 0 Å². The predicted molar refractivity (Wildman–Crippen MR) is 36.0 cm³/mol. The zero-order valence-electron chi connectivity index (χ0n) is 4.89. The summed E-state index contributed by atoms with van der Waals surface area (Å²) in [4.78, 5) is 7.15. The van der Waals surface area contributed by atoms with Crippen molar-refractivity contribution in [2.45, 2.75) is 6.92 Å². The minimum atomic E-state index is 0.259. The molecule has 0 radical (unpaired) electrons. The van der Waals surface area contributed by atoms with Gasteiger partial charge < -0.3 is 5.73 Å². The Hall–Kier alpha value is -1.12. The fourth-order valence-corrected chi connectivity index (χ4v) is 0.243. The summed E-state index contributed by atoms with van der Waals surface area (Å²) in [5.41, 5.74) is 5.10. The molecule has 44 valence electrons. The first-order valence-corrected chi connectivity index (χ1v) is 2.13. The van der Waals surface area contributed by atoms with Crippen molar-refractivity contribution in [2.24, 2.45) is 15.7 Å². The molecule has 0 fully saturated rings. The molecule has 0 aliphatic rings. The van der Waals surface area contributed by atoms with Crippen LogP contribution in [0.25, 0.3) is 0 Å². The van der Waals surface area contributed by atoms with Crippen molar-refractivity contribution in [1.29, 1.82) is 0 Å². The van der Waals surface area contributed by atoms with E-state index >= 15 is 0 Å². The summed E-state index contributed by atoms with van der Waals surface area (Å²) in [6.45, 7) is 8.28. The first-order valence-electron chi connectivity index (χ1n) is 2.13. The van der Waals surface area contributed by atoms with Gasteiger partial charge in [0.05, 0.1) is 0 Å². The van der Waals surface area contributed by atoms with Gasteiger partial charge in [0.1, 0.15) is 11.7 Å². The maximum absolute atomic E-state index is 5.10. The maximum atomic E-state index is 5.10. The molecule has 0 rings (SSSR count). The molecule has 0 aliphatic heterocycles. The van der Waals surface area contributed by atoms with Crippen LogP contribution in [0.1, 0.15) is 6.92 Å². The molecule has 0 spiro atoms. The van der Waals surface area contributed by atoms with E-state index in [9.17, 15) is 0 Å². The second-order valence-electron chi connectivity index (χ2n) is 1.31. The summed E-state index contributed by atoms with van der Waals surface area (Å²) in [7, 11) is 0. The lowest BCUT2D eigenvalue weighted by Crippen LogP contribution is -1.93. The third kappa shape index (κ3) is 3.08. The van der Waals surface area contributed by atoms with Crippen molar-refractivity contribution < 1.29 is 0 Å². The molecule has 0 bridgehead atoms. The molecule has 0 saturated heterocycles. The Morgan fingerprint density at radius 2 is 2.12 bits per heavy atom. The van der Waals surface area contributed by atoms with Crippen molar-refractivity contribution in [1.82, 2.24) is 0 Å². The Labute approximate surface area is 48.6 Å². The van der Waals surface area contributed by atoms with Crippen molar-refractivity contribution >= 4 is 12.6 Å². The molecule has 0 saturated carbocycles. The quantitative estimate of drug-likeness (QED) is 0.389. The van der Waals surface area contributed by atoms with Gasteiger partial charge in [-0.05, 0) is 13.6 Å². The Bertz CT molecular complexity index is 135. The van der Waals surface area contributed by atoms with Gasteiger partial charge in [-0.15, -0.1) is 0 Å². The normalized spacial score (nSPS) is 10.9.